The normalized spacial score (nSPS) is 11.1. The second-order valence-electron chi connectivity index (χ2n) is 6.42. The smallest absolute Gasteiger partial charge is 0.259 e. The molecule has 0 aliphatic carbocycles. The molecule has 0 saturated heterocycles. The largest absolute Gasteiger partial charge is 0.352 e. The van der Waals surface area contributed by atoms with Crippen LogP contribution in [-0.4, -0.2) is 30.4 Å². The van der Waals surface area contributed by atoms with Crippen LogP contribution in [0.4, 0.5) is 0 Å². The highest BCUT2D eigenvalue weighted by atomic mass is 32.1. The summed E-state index contributed by atoms with van der Waals surface area (Å²) in [5.74, 6) is 0.903. The Hall–Kier alpha value is -3.33. The van der Waals surface area contributed by atoms with Crippen LogP contribution in [0.1, 0.15) is 21.8 Å². The molecule has 0 fully saturated rings. The van der Waals surface area contributed by atoms with Crippen LogP contribution < -0.4 is 10.9 Å². The van der Waals surface area contributed by atoms with Crippen molar-refractivity contribution < 1.29 is 4.79 Å². The minimum absolute atomic E-state index is 0.0156. The Balaban J connectivity index is 1.41. The maximum atomic E-state index is 12.3. The molecule has 0 saturated carbocycles. The molecule has 0 atom stereocenters. The van der Waals surface area contributed by atoms with Crippen LogP contribution in [0.3, 0.4) is 0 Å². The van der Waals surface area contributed by atoms with E-state index in [1.165, 1.54) is 11.3 Å². The molecule has 1 amide bonds. The number of carbonyl (C=O) groups is 1. The minimum atomic E-state index is -0.216. The van der Waals surface area contributed by atoms with E-state index in [2.05, 4.69) is 25.3 Å². The molecule has 0 spiro atoms. The molecule has 2 N–H and O–H groups in total. The maximum Gasteiger partial charge on any atom is 0.259 e. The highest BCUT2D eigenvalue weighted by Crippen LogP contribution is 2.25. The molecule has 0 unspecified atom stereocenters. The van der Waals surface area contributed by atoms with E-state index in [-0.39, 0.29) is 17.9 Å². The molecule has 0 aromatic carbocycles. The first kappa shape index (κ1) is 18.1. The number of amides is 1. The predicted molar refractivity (Wildman–Crippen MR) is 107 cm³/mol. The Morgan fingerprint density at radius 3 is 2.89 bits per heavy atom. The molecule has 0 aliphatic rings. The van der Waals surface area contributed by atoms with Gasteiger partial charge in [0.25, 0.3) is 5.56 Å². The van der Waals surface area contributed by atoms with Crippen LogP contribution in [0.15, 0.2) is 41.8 Å². The molecule has 8 nitrogen and oxygen atoms in total. The first-order valence-electron chi connectivity index (χ1n) is 8.70. The van der Waals surface area contributed by atoms with Crippen LogP contribution in [0.2, 0.25) is 0 Å². The quantitative estimate of drug-likeness (QED) is 0.539. The van der Waals surface area contributed by atoms with E-state index in [0.29, 0.717) is 22.6 Å². The fourth-order valence-corrected chi connectivity index (χ4v) is 3.92. The van der Waals surface area contributed by atoms with Crippen molar-refractivity contribution in [3.8, 4) is 5.82 Å². The second-order valence-corrected chi connectivity index (χ2v) is 7.63. The third-order valence-electron chi connectivity index (χ3n) is 4.48. The SMILES string of the molecule is Cc1sc2nc(CC(=O)NCc3ccc(-n4ccnc4)nc3)[nH]c(=O)c2c1C. The van der Waals surface area contributed by atoms with Gasteiger partial charge in [0.15, 0.2) is 0 Å². The lowest BCUT2D eigenvalue weighted by molar-refractivity contribution is -0.120. The van der Waals surface area contributed by atoms with E-state index in [9.17, 15) is 9.59 Å². The first-order valence-corrected chi connectivity index (χ1v) is 9.52. The van der Waals surface area contributed by atoms with Crippen LogP contribution in [-0.2, 0) is 17.8 Å². The Labute approximate surface area is 164 Å². The van der Waals surface area contributed by atoms with Gasteiger partial charge in [-0.1, -0.05) is 6.07 Å². The van der Waals surface area contributed by atoms with Crippen LogP contribution >= 0.6 is 11.3 Å². The van der Waals surface area contributed by atoms with E-state index in [1.54, 1.807) is 23.3 Å². The number of H-pyrrole nitrogens is 1. The molecule has 4 aromatic rings. The summed E-state index contributed by atoms with van der Waals surface area (Å²) < 4.78 is 1.80. The molecule has 4 aromatic heterocycles. The molecule has 0 bridgehead atoms. The zero-order valence-corrected chi connectivity index (χ0v) is 16.2. The summed E-state index contributed by atoms with van der Waals surface area (Å²) in [5, 5.41) is 3.44. The highest BCUT2D eigenvalue weighted by Gasteiger charge is 2.13. The highest BCUT2D eigenvalue weighted by molar-refractivity contribution is 7.18. The third-order valence-corrected chi connectivity index (χ3v) is 5.58. The molecular weight excluding hydrogens is 376 g/mol. The van der Waals surface area contributed by atoms with Gasteiger partial charge in [-0.15, -0.1) is 11.3 Å². The first-order chi connectivity index (χ1) is 13.5. The van der Waals surface area contributed by atoms with E-state index in [4.69, 9.17) is 0 Å². The molecule has 0 radical (unpaired) electrons. The van der Waals surface area contributed by atoms with Gasteiger partial charge in [0.2, 0.25) is 5.91 Å². The van der Waals surface area contributed by atoms with Gasteiger partial charge in [0.05, 0.1) is 11.8 Å². The zero-order valence-electron chi connectivity index (χ0n) is 15.4. The summed E-state index contributed by atoms with van der Waals surface area (Å²) in [6.45, 7) is 4.21. The molecule has 28 heavy (non-hydrogen) atoms. The van der Waals surface area contributed by atoms with Gasteiger partial charge in [-0.2, -0.15) is 0 Å². The number of hydrogen-bond donors (Lipinski definition) is 2. The fourth-order valence-electron chi connectivity index (χ4n) is 2.87. The zero-order chi connectivity index (χ0) is 19.7. The van der Waals surface area contributed by atoms with Crippen molar-refractivity contribution in [1.82, 2.24) is 29.8 Å². The topological polar surface area (TPSA) is 106 Å². The van der Waals surface area contributed by atoms with Crippen molar-refractivity contribution in [2.45, 2.75) is 26.8 Å². The molecule has 142 valence electrons. The number of carbonyl (C=O) groups excluding carboxylic acids is 1. The van der Waals surface area contributed by atoms with Gasteiger partial charge in [0, 0.05) is 30.0 Å². The number of aromatic nitrogens is 5. The molecular formula is C19H18N6O2S. The van der Waals surface area contributed by atoms with Crippen molar-refractivity contribution in [2.24, 2.45) is 0 Å². The number of pyridine rings is 1. The summed E-state index contributed by atoms with van der Waals surface area (Å²) >= 11 is 1.47. The standard InChI is InChI=1S/C19H18N6O2S/c1-11-12(2)28-19-17(11)18(27)23-14(24-19)7-16(26)22-9-13-3-4-15(21-8-13)25-6-5-20-10-25/h3-6,8,10H,7,9H2,1-2H3,(H,22,26)(H,23,24,27). The van der Waals surface area contributed by atoms with Gasteiger partial charge >= 0.3 is 0 Å². The van der Waals surface area contributed by atoms with Gasteiger partial charge in [-0.3, -0.25) is 14.2 Å². The second kappa shape index (κ2) is 7.35. The predicted octanol–water partition coefficient (Wildman–Crippen LogP) is 2.04. The number of imidazole rings is 1. The van der Waals surface area contributed by atoms with Gasteiger partial charge in [0.1, 0.15) is 22.8 Å². The Kier molecular flexibility index (Phi) is 4.74. The fraction of sp³-hybridized carbons (Fsp3) is 0.211. The van der Waals surface area contributed by atoms with Crippen molar-refractivity contribution in [3.63, 3.8) is 0 Å². The lowest BCUT2D eigenvalue weighted by atomic mass is 10.2. The molecule has 4 heterocycles. The van der Waals surface area contributed by atoms with Gasteiger partial charge < -0.3 is 10.3 Å². The summed E-state index contributed by atoms with van der Waals surface area (Å²) in [6, 6.07) is 3.75. The van der Waals surface area contributed by atoms with Crippen LogP contribution in [0.25, 0.3) is 16.0 Å². The lowest BCUT2D eigenvalue weighted by Crippen LogP contribution is -2.26. The molecule has 9 heteroatoms. The van der Waals surface area contributed by atoms with Crippen molar-refractivity contribution in [1.29, 1.82) is 0 Å². The number of nitrogens with zero attached hydrogens (tertiary/aromatic N) is 4. The maximum absolute atomic E-state index is 12.3. The number of nitrogens with one attached hydrogen (secondary N) is 2. The average Bonchev–Trinajstić information content (AvgIpc) is 3.29. The van der Waals surface area contributed by atoms with E-state index >= 15 is 0 Å². The monoisotopic (exact) mass is 394 g/mol. The van der Waals surface area contributed by atoms with Crippen LogP contribution in [0, 0.1) is 13.8 Å². The molecule has 4 rings (SSSR count). The Morgan fingerprint density at radius 1 is 1.32 bits per heavy atom. The Morgan fingerprint density at radius 2 is 2.18 bits per heavy atom. The van der Waals surface area contributed by atoms with Crippen LogP contribution in [0.5, 0.6) is 0 Å². The Bertz CT molecular complexity index is 1190. The van der Waals surface area contributed by atoms with Gasteiger partial charge in [-0.05, 0) is 31.0 Å². The summed E-state index contributed by atoms with van der Waals surface area (Å²) in [4.78, 5) is 41.8. The summed E-state index contributed by atoms with van der Waals surface area (Å²) in [5.41, 5.74) is 1.61. The lowest BCUT2D eigenvalue weighted by Gasteiger charge is -2.06. The van der Waals surface area contributed by atoms with E-state index < -0.39 is 0 Å². The van der Waals surface area contributed by atoms with E-state index in [1.807, 2.05) is 32.2 Å². The van der Waals surface area contributed by atoms with Crippen molar-refractivity contribution >= 4 is 27.5 Å². The number of fused-ring (bicyclic) bond motifs is 1. The number of rotatable bonds is 5. The summed E-state index contributed by atoms with van der Waals surface area (Å²) in [7, 11) is 0. The molecule has 0 aliphatic heterocycles. The number of hydrogen-bond acceptors (Lipinski definition) is 6. The number of aryl methyl sites for hydroxylation is 2. The summed E-state index contributed by atoms with van der Waals surface area (Å²) in [6.07, 6.45) is 6.89. The number of aromatic amines is 1. The van der Waals surface area contributed by atoms with Gasteiger partial charge in [-0.25, -0.2) is 15.0 Å². The van der Waals surface area contributed by atoms with Crippen molar-refractivity contribution in [2.75, 3.05) is 0 Å². The average molecular weight is 394 g/mol. The van der Waals surface area contributed by atoms with E-state index in [0.717, 1.165) is 21.8 Å². The van der Waals surface area contributed by atoms with Crippen molar-refractivity contribution in [3.05, 3.63) is 69.2 Å². The number of thiophene rings is 1. The third kappa shape index (κ3) is 3.56. The minimum Gasteiger partial charge on any atom is -0.352 e.